The molecule has 0 bridgehead atoms. The molecule has 5 heteroatoms. The standard InChI is InChI=1S/C15H29N3O.ClH/c1-3-13-6-4-5-8-18(13)15(19)11-17-9-7-14(16)12(2)10-17;/h12-14H,3-11,16H2,1-2H3;1H. The minimum absolute atomic E-state index is 0. The number of amides is 1. The molecule has 2 rings (SSSR count). The molecule has 2 aliphatic heterocycles. The summed E-state index contributed by atoms with van der Waals surface area (Å²) in [4.78, 5) is 16.9. The third kappa shape index (κ3) is 4.34. The molecule has 4 nitrogen and oxygen atoms in total. The van der Waals surface area contributed by atoms with E-state index >= 15 is 0 Å². The van der Waals surface area contributed by atoms with Crippen LogP contribution in [0, 0.1) is 5.92 Å². The van der Waals surface area contributed by atoms with E-state index in [4.69, 9.17) is 5.73 Å². The minimum Gasteiger partial charge on any atom is -0.339 e. The summed E-state index contributed by atoms with van der Waals surface area (Å²) < 4.78 is 0. The van der Waals surface area contributed by atoms with E-state index < -0.39 is 0 Å². The van der Waals surface area contributed by atoms with Crippen LogP contribution in [-0.4, -0.2) is 54.0 Å². The predicted octanol–water partition coefficient (Wildman–Crippen LogP) is 1.87. The van der Waals surface area contributed by atoms with Crippen LogP contribution in [-0.2, 0) is 4.79 Å². The van der Waals surface area contributed by atoms with E-state index in [0.29, 0.717) is 30.5 Å². The lowest BCUT2D eigenvalue weighted by Gasteiger charge is -2.39. The lowest BCUT2D eigenvalue weighted by molar-refractivity contribution is -0.136. The van der Waals surface area contributed by atoms with Gasteiger partial charge in [-0.05, 0) is 38.0 Å². The second-order valence-corrected chi connectivity index (χ2v) is 6.31. The van der Waals surface area contributed by atoms with E-state index in [2.05, 4.69) is 23.6 Å². The van der Waals surface area contributed by atoms with Crippen molar-refractivity contribution in [3.05, 3.63) is 0 Å². The third-order valence-electron chi connectivity index (χ3n) is 4.83. The molecule has 2 fully saturated rings. The normalized spacial score (nSPS) is 31.8. The Labute approximate surface area is 129 Å². The maximum absolute atomic E-state index is 12.5. The topological polar surface area (TPSA) is 49.6 Å². The van der Waals surface area contributed by atoms with Crippen molar-refractivity contribution in [1.29, 1.82) is 0 Å². The van der Waals surface area contributed by atoms with E-state index in [-0.39, 0.29) is 12.4 Å². The average molecular weight is 304 g/mol. The molecule has 0 saturated carbocycles. The Morgan fingerprint density at radius 3 is 2.65 bits per heavy atom. The molecule has 0 aromatic carbocycles. The van der Waals surface area contributed by atoms with Crippen molar-refractivity contribution >= 4 is 18.3 Å². The summed E-state index contributed by atoms with van der Waals surface area (Å²) in [5, 5.41) is 0. The summed E-state index contributed by atoms with van der Waals surface area (Å²) in [5.74, 6) is 0.832. The summed E-state index contributed by atoms with van der Waals surface area (Å²) in [6, 6.07) is 0.787. The molecule has 20 heavy (non-hydrogen) atoms. The number of carbonyl (C=O) groups is 1. The van der Waals surface area contributed by atoms with Crippen molar-refractivity contribution in [2.24, 2.45) is 11.7 Å². The van der Waals surface area contributed by atoms with Crippen LogP contribution >= 0.6 is 12.4 Å². The Kier molecular flexibility index (Phi) is 7.27. The Hall–Kier alpha value is -0.320. The van der Waals surface area contributed by atoms with Gasteiger partial charge in [0.1, 0.15) is 0 Å². The van der Waals surface area contributed by atoms with Crippen LogP contribution in [0.15, 0.2) is 0 Å². The van der Waals surface area contributed by atoms with Gasteiger partial charge < -0.3 is 10.6 Å². The van der Waals surface area contributed by atoms with Gasteiger partial charge in [0, 0.05) is 31.7 Å². The van der Waals surface area contributed by atoms with Crippen molar-refractivity contribution in [2.45, 2.75) is 58.0 Å². The average Bonchev–Trinajstić information content (AvgIpc) is 2.43. The Morgan fingerprint density at radius 1 is 1.25 bits per heavy atom. The highest BCUT2D eigenvalue weighted by Crippen LogP contribution is 2.21. The van der Waals surface area contributed by atoms with Gasteiger partial charge in [-0.1, -0.05) is 13.8 Å². The smallest absolute Gasteiger partial charge is 0.236 e. The number of hydrogen-bond donors (Lipinski definition) is 1. The van der Waals surface area contributed by atoms with Gasteiger partial charge in [0.2, 0.25) is 5.91 Å². The first-order chi connectivity index (χ1) is 9.11. The Bertz CT molecular complexity index is 313. The highest BCUT2D eigenvalue weighted by molar-refractivity contribution is 5.85. The quantitative estimate of drug-likeness (QED) is 0.866. The number of piperidine rings is 2. The van der Waals surface area contributed by atoms with Gasteiger partial charge in [0.15, 0.2) is 0 Å². The summed E-state index contributed by atoms with van der Waals surface area (Å²) in [6.45, 7) is 7.88. The van der Waals surface area contributed by atoms with Crippen LogP contribution < -0.4 is 5.73 Å². The minimum atomic E-state index is 0. The zero-order valence-electron chi connectivity index (χ0n) is 12.9. The first-order valence-corrected chi connectivity index (χ1v) is 7.89. The van der Waals surface area contributed by atoms with E-state index in [0.717, 1.165) is 32.5 Å². The lowest BCUT2D eigenvalue weighted by atomic mass is 9.94. The first-order valence-electron chi connectivity index (χ1n) is 7.89. The molecule has 2 aliphatic rings. The zero-order chi connectivity index (χ0) is 13.8. The number of carbonyl (C=O) groups excluding carboxylic acids is 1. The number of likely N-dealkylation sites (tertiary alicyclic amines) is 2. The highest BCUT2D eigenvalue weighted by atomic mass is 35.5. The molecular weight excluding hydrogens is 274 g/mol. The van der Waals surface area contributed by atoms with Crippen LogP contribution in [0.5, 0.6) is 0 Å². The zero-order valence-corrected chi connectivity index (χ0v) is 13.7. The number of nitrogens with zero attached hydrogens (tertiary/aromatic N) is 2. The number of nitrogens with two attached hydrogens (primary N) is 1. The number of halogens is 1. The molecule has 0 aliphatic carbocycles. The van der Waals surface area contributed by atoms with Crippen LogP contribution in [0.3, 0.4) is 0 Å². The molecule has 3 unspecified atom stereocenters. The van der Waals surface area contributed by atoms with Crippen molar-refractivity contribution in [2.75, 3.05) is 26.2 Å². The molecule has 0 radical (unpaired) electrons. The van der Waals surface area contributed by atoms with Crippen molar-refractivity contribution < 1.29 is 4.79 Å². The second-order valence-electron chi connectivity index (χ2n) is 6.31. The fourth-order valence-corrected chi connectivity index (χ4v) is 3.43. The summed E-state index contributed by atoms with van der Waals surface area (Å²) in [6.07, 6.45) is 5.74. The van der Waals surface area contributed by atoms with Crippen molar-refractivity contribution in [1.82, 2.24) is 9.80 Å². The van der Waals surface area contributed by atoms with Gasteiger partial charge in [-0.25, -0.2) is 0 Å². The molecular formula is C15H30ClN3O. The van der Waals surface area contributed by atoms with E-state index in [1.54, 1.807) is 0 Å². The van der Waals surface area contributed by atoms with E-state index in [9.17, 15) is 4.79 Å². The predicted molar refractivity (Wildman–Crippen MR) is 85.1 cm³/mol. The molecule has 0 aromatic heterocycles. The van der Waals surface area contributed by atoms with Crippen LogP contribution in [0.1, 0.15) is 46.0 Å². The van der Waals surface area contributed by atoms with E-state index in [1.807, 2.05) is 0 Å². The maximum atomic E-state index is 12.5. The molecule has 2 saturated heterocycles. The van der Waals surface area contributed by atoms with Gasteiger partial charge in [-0.2, -0.15) is 0 Å². The summed E-state index contributed by atoms with van der Waals surface area (Å²) in [5.41, 5.74) is 6.04. The van der Waals surface area contributed by atoms with Crippen molar-refractivity contribution in [3.63, 3.8) is 0 Å². The SMILES string of the molecule is CCC1CCCCN1C(=O)CN1CCC(N)C(C)C1.Cl. The first kappa shape index (κ1) is 17.7. The fraction of sp³-hybridized carbons (Fsp3) is 0.933. The van der Waals surface area contributed by atoms with Crippen LogP contribution in [0.2, 0.25) is 0 Å². The molecule has 118 valence electrons. The number of rotatable bonds is 3. The van der Waals surface area contributed by atoms with Gasteiger partial charge in [0.05, 0.1) is 6.54 Å². The van der Waals surface area contributed by atoms with E-state index in [1.165, 1.54) is 19.3 Å². The van der Waals surface area contributed by atoms with Gasteiger partial charge in [-0.3, -0.25) is 9.69 Å². The number of hydrogen-bond acceptors (Lipinski definition) is 3. The van der Waals surface area contributed by atoms with Gasteiger partial charge in [0.25, 0.3) is 0 Å². The molecule has 1 amide bonds. The molecule has 2 heterocycles. The highest BCUT2D eigenvalue weighted by Gasteiger charge is 2.29. The second kappa shape index (κ2) is 8.20. The lowest BCUT2D eigenvalue weighted by Crippen LogP contribution is -2.52. The third-order valence-corrected chi connectivity index (χ3v) is 4.83. The van der Waals surface area contributed by atoms with Gasteiger partial charge >= 0.3 is 0 Å². The molecule has 3 atom stereocenters. The van der Waals surface area contributed by atoms with Crippen LogP contribution in [0.25, 0.3) is 0 Å². The Balaban J connectivity index is 0.00000200. The Morgan fingerprint density at radius 2 is 2.00 bits per heavy atom. The molecule has 2 N–H and O–H groups in total. The van der Waals surface area contributed by atoms with Crippen LogP contribution in [0.4, 0.5) is 0 Å². The monoisotopic (exact) mass is 303 g/mol. The summed E-state index contributed by atoms with van der Waals surface area (Å²) >= 11 is 0. The molecule has 0 aromatic rings. The maximum Gasteiger partial charge on any atom is 0.236 e. The summed E-state index contributed by atoms with van der Waals surface area (Å²) in [7, 11) is 0. The molecule has 0 spiro atoms. The van der Waals surface area contributed by atoms with Crippen molar-refractivity contribution in [3.8, 4) is 0 Å². The fourth-order valence-electron chi connectivity index (χ4n) is 3.43. The largest absolute Gasteiger partial charge is 0.339 e. The van der Waals surface area contributed by atoms with Gasteiger partial charge in [-0.15, -0.1) is 12.4 Å².